The van der Waals surface area contributed by atoms with Crippen LogP contribution in [0.2, 0.25) is 0 Å². The monoisotopic (exact) mass is 334 g/mol. The zero-order valence-corrected chi connectivity index (χ0v) is 12.6. The van der Waals surface area contributed by atoms with Crippen molar-refractivity contribution in [1.82, 2.24) is 0 Å². The predicted octanol–water partition coefficient (Wildman–Crippen LogP) is 2.91. The standard InChI is InChI=1S/C12H15BrO4S/c1-3-4-8-5-6-9(12(14)17-2)11(13)10(8)7-18(15)16/h5-6H,3-4,7H2,1-2H3,(H,15,16). The molecule has 1 aromatic rings. The fourth-order valence-corrected chi connectivity index (χ4v) is 3.16. The van der Waals surface area contributed by atoms with Gasteiger partial charge in [0, 0.05) is 4.47 Å². The summed E-state index contributed by atoms with van der Waals surface area (Å²) in [6, 6.07) is 3.48. The van der Waals surface area contributed by atoms with Gasteiger partial charge in [0.1, 0.15) is 0 Å². The van der Waals surface area contributed by atoms with Gasteiger partial charge in [-0.1, -0.05) is 19.4 Å². The van der Waals surface area contributed by atoms with E-state index in [0.29, 0.717) is 15.6 Å². The van der Waals surface area contributed by atoms with Gasteiger partial charge in [-0.15, -0.1) is 0 Å². The zero-order chi connectivity index (χ0) is 13.7. The van der Waals surface area contributed by atoms with E-state index in [1.165, 1.54) is 7.11 Å². The number of esters is 1. The Hall–Kier alpha value is -0.720. The van der Waals surface area contributed by atoms with Crippen LogP contribution in [0.3, 0.4) is 0 Å². The van der Waals surface area contributed by atoms with Gasteiger partial charge in [-0.05, 0) is 39.5 Å². The Morgan fingerprint density at radius 3 is 2.67 bits per heavy atom. The first-order valence-corrected chi connectivity index (χ1v) is 7.54. The van der Waals surface area contributed by atoms with Gasteiger partial charge in [0.2, 0.25) is 0 Å². The first-order valence-electron chi connectivity index (χ1n) is 5.47. The van der Waals surface area contributed by atoms with Crippen molar-refractivity contribution in [3.8, 4) is 0 Å². The number of aryl methyl sites for hydroxylation is 1. The van der Waals surface area contributed by atoms with Crippen molar-refractivity contribution in [2.45, 2.75) is 25.5 Å². The van der Waals surface area contributed by atoms with Crippen LogP contribution >= 0.6 is 15.9 Å². The van der Waals surface area contributed by atoms with E-state index in [-0.39, 0.29) is 5.75 Å². The van der Waals surface area contributed by atoms with Crippen molar-refractivity contribution in [1.29, 1.82) is 0 Å². The molecular weight excluding hydrogens is 320 g/mol. The van der Waals surface area contributed by atoms with Crippen LogP contribution in [0.25, 0.3) is 0 Å². The van der Waals surface area contributed by atoms with Gasteiger partial charge < -0.3 is 9.29 Å². The summed E-state index contributed by atoms with van der Waals surface area (Å²) < 4.78 is 25.3. The first-order chi connectivity index (χ1) is 8.51. The number of carbonyl (C=O) groups is 1. The van der Waals surface area contributed by atoms with Crippen molar-refractivity contribution in [2.75, 3.05) is 7.11 Å². The van der Waals surface area contributed by atoms with Gasteiger partial charge in [0.25, 0.3) is 0 Å². The van der Waals surface area contributed by atoms with E-state index in [1.54, 1.807) is 6.07 Å². The maximum atomic E-state index is 11.6. The molecule has 0 aliphatic rings. The molecule has 0 spiro atoms. The molecule has 1 N–H and O–H groups in total. The Labute approximate surface area is 117 Å². The summed E-state index contributed by atoms with van der Waals surface area (Å²) in [5.41, 5.74) is 2.04. The number of ether oxygens (including phenoxy) is 1. The number of halogens is 1. The molecule has 0 aromatic heterocycles. The van der Waals surface area contributed by atoms with Gasteiger partial charge in [0.15, 0.2) is 11.1 Å². The quantitative estimate of drug-likeness (QED) is 0.664. The maximum absolute atomic E-state index is 11.6. The molecule has 0 saturated heterocycles. The molecule has 1 atom stereocenters. The lowest BCUT2D eigenvalue weighted by atomic mass is 10.0. The van der Waals surface area contributed by atoms with E-state index in [4.69, 9.17) is 4.55 Å². The van der Waals surface area contributed by atoms with Crippen molar-refractivity contribution < 1.29 is 18.3 Å². The van der Waals surface area contributed by atoms with Crippen molar-refractivity contribution >= 4 is 33.0 Å². The molecule has 0 saturated carbocycles. The van der Waals surface area contributed by atoms with E-state index in [1.807, 2.05) is 13.0 Å². The lowest BCUT2D eigenvalue weighted by molar-refractivity contribution is 0.0599. The van der Waals surface area contributed by atoms with E-state index in [0.717, 1.165) is 18.4 Å². The average Bonchev–Trinajstić information content (AvgIpc) is 2.33. The Kier molecular flexibility index (Phi) is 5.98. The maximum Gasteiger partial charge on any atom is 0.339 e. The third kappa shape index (κ3) is 3.63. The highest BCUT2D eigenvalue weighted by Crippen LogP contribution is 2.28. The first kappa shape index (κ1) is 15.3. The molecule has 0 aliphatic heterocycles. The third-order valence-corrected chi connectivity index (χ3v) is 3.97. The largest absolute Gasteiger partial charge is 0.465 e. The average molecular weight is 335 g/mol. The minimum atomic E-state index is -1.95. The van der Waals surface area contributed by atoms with E-state index in [9.17, 15) is 9.00 Å². The second-order valence-corrected chi connectivity index (χ2v) is 5.50. The van der Waals surface area contributed by atoms with Crippen molar-refractivity contribution in [3.05, 3.63) is 33.3 Å². The van der Waals surface area contributed by atoms with Crippen LogP contribution in [0.5, 0.6) is 0 Å². The minimum absolute atomic E-state index is 0.000745. The molecular formula is C12H15BrO4S. The highest BCUT2D eigenvalue weighted by molar-refractivity contribution is 9.10. The number of hydrogen-bond acceptors (Lipinski definition) is 3. The van der Waals surface area contributed by atoms with Gasteiger partial charge in [-0.25, -0.2) is 9.00 Å². The van der Waals surface area contributed by atoms with E-state index in [2.05, 4.69) is 20.7 Å². The van der Waals surface area contributed by atoms with Gasteiger partial charge in [0.05, 0.1) is 18.4 Å². The summed E-state index contributed by atoms with van der Waals surface area (Å²) >= 11 is 1.38. The number of hydrogen-bond donors (Lipinski definition) is 1. The summed E-state index contributed by atoms with van der Waals surface area (Å²) in [5.74, 6) is -0.462. The molecule has 0 amide bonds. The fraction of sp³-hybridized carbons (Fsp3) is 0.417. The molecule has 4 nitrogen and oxygen atoms in total. The van der Waals surface area contributed by atoms with Gasteiger partial charge in [-0.2, -0.15) is 0 Å². The molecule has 100 valence electrons. The van der Waals surface area contributed by atoms with Crippen LogP contribution < -0.4 is 0 Å². The summed E-state index contributed by atoms with van der Waals surface area (Å²) in [4.78, 5) is 11.6. The van der Waals surface area contributed by atoms with Crippen LogP contribution in [-0.2, 0) is 28.0 Å². The Morgan fingerprint density at radius 1 is 1.50 bits per heavy atom. The van der Waals surface area contributed by atoms with Gasteiger partial charge >= 0.3 is 5.97 Å². The van der Waals surface area contributed by atoms with Gasteiger partial charge in [-0.3, -0.25) is 0 Å². The Balaban J connectivity index is 3.29. The van der Waals surface area contributed by atoms with Crippen LogP contribution in [0, 0.1) is 0 Å². The minimum Gasteiger partial charge on any atom is -0.465 e. The molecule has 0 fully saturated rings. The fourth-order valence-electron chi connectivity index (χ4n) is 1.71. The summed E-state index contributed by atoms with van der Waals surface area (Å²) in [5, 5.41) is 0. The molecule has 1 aromatic carbocycles. The van der Waals surface area contributed by atoms with Crippen molar-refractivity contribution in [2.24, 2.45) is 0 Å². The molecule has 0 bridgehead atoms. The summed E-state index contributed by atoms with van der Waals surface area (Å²) in [7, 11) is 1.30. The Morgan fingerprint density at radius 2 is 2.17 bits per heavy atom. The second-order valence-electron chi connectivity index (χ2n) is 3.77. The van der Waals surface area contributed by atoms with Crippen LogP contribution in [0.4, 0.5) is 0 Å². The number of carbonyl (C=O) groups excluding carboxylic acids is 1. The second kappa shape index (κ2) is 7.01. The molecule has 0 radical (unpaired) electrons. The van der Waals surface area contributed by atoms with E-state index < -0.39 is 17.0 Å². The smallest absolute Gasteiger partial charge is 0.339 e. The third-order valence-electron chi connectivity index (χ3n) is 2.53. The van der Waals surface area contributed by atoms with E-state index >= 15 is 0 Å². The molecule has 1 unspecified atom stereocenters. The SMILES string of the molecule is CCCc1ccc(C(=O)OC)c(Br)c1CS(=O)O. The summed E-state index contributed by atoms with van der Waals surface area (Å²) in [6.45, 7) is 2.03. The molecule has 6 heteroatoms. The van der Waals surface area contributed by atoms with Crippen LogP contribution in [-0.4, -0.2) is 21.8 Å². The van der Waals surface area contributed by atoms with Crippen molar-refractivity contribution in [3.63, 3.8) is 0 Å². The zero-order valence-electron chi connectivity index (χ0n) is 10.2. The lowest BCUT2D eigenvalue weighted by Crippen LogP contribution is -2.08. The highest BCUT2D eigenvalue weighted by Gasteiger charge is 2.17. The molecule has 18 heavy (non-hydrogen) atoms. The predicted molar refractivity (Wildman–Crippen MR) is 74.0 cm³/mol. The summed E-state index contributed by atoms with van der Waals surface area (Å²) in [6.07, 6.45) is 1.72. The molecule has 1 rings (SSSR count). The highest BCUT2D eigenvalue weighted by atomic mass is 79.9. The van der Waals surface area contributed by atoms with Crippen LogP contribution in [0.15, 0.2) is 16.6 Å². The lowest BCUT2D eigenvalue weighted by Gasteiger charge is -2.12. The number of benzene rings is 1. The Bertz CT molecular complexity index is 473. The topological polar surface area (TPSA) is 63.6 Å². The molecule has 0 aliphatic carbocycles. The molecule has 0 heterocycles. The number of methoxy groups -OCH3 is 1. The normalized spacial score (nSPS) is 12.2. The van der Waals surface area contributed by atoms with Crippen LogP contribution in [0.1, 0.15) is 34.8 Å². The number of rotatable bonds is 5.